The molecule has 6 heteroatoms. The molecule has 238 valence electrons. The van der Waals surface area contributed by atoms with Crippen molar-refractivity contribution >= 4 is 84.8 Å². The van der Waals surface area contributed by atoms with Crippen LogP contribution in [0.25, 0.3) is 102 Å². The standard InChI is InChI=1S/C45H26N4S2/c1-3-12-27(13-4-1)43-46-44(28-14-5-2-6-15-28)48-45(47-43)35-19-11-18-34-40-38(50-41(34)35)25-24-33-32-23-22-29(26-39(32)51-42(33)40)49-36-20-9-7-16-30(36)31-17-8-10-21-37(31)49/h1-26H/i1D,2D,3D,4D,5D,6D,12D,13D,14D,15D. The molecule has 0 amide bonds. The predicted molar refractivity (Wildman–Crippen MR) is 216 cm³/mol. The first-order valence-corrected chi connectivity index (χ1v) is 17.8. The van der Waals surface area contributed by atoms with Gasteiger partial charge in [-0.1, -0.05) is 121 Å². The van der Waals surface area contributed by atoms with Crippen LogP contribution in [0, 0.1) is 0 Å². The van der Waals surface area contributed by atoms with Crippen molar-refractivity contribution in [2.75, 3.05) is 0 Å². The molecule has 4 heterocycles. The lowest BCUT2D eigenvalue weighted by atomic mass is 10.1. The Labute approximate surface area is 314 Å². The van der Waals surface area contributed by atoms with Gasteiger partial charge in [0.2, 0.25) is 0 Å². The van der Waals surface area contributed by atoms with E-state index in [0.29, 0.717) is 5.56 Å². The molecule has 51 heavy (non-hydrogen) atoms. The average molecular weight is 697 g/mol. The zero-order valence-corrected chi connectivity index (χ0v) is 28.0. The van der Waals surface area contributed by atoms with E-state index in [9.17, 15) is 0 Å². The molecule has 0 saturated heterocycles. The highest BCUT2D eigenvalue weighted by atomic mass is 32.1. The number of hydrogen-bond donors (Lipinski definition) is 0. The molecule has 11 aromatic rings. The monoisotopic (exact) mass is 696 g/mol. The van der Waals surface area contributed by atoms with E-state index in [1.165, 1.54) is 22.1 Å². The van der Waals surface area contributed by atoms with E-state index in [1.807, 2.05) is 18.2 Å². The quantitative estimate of drug-likeness (QED) is 0.184. The van der Waals surface area contributed by atoms with Crippen LogP contribution in [-0.4, -0.2) is 19.5 Å². The Kier molecular flexibility index (Phi) is 4.47. The molecule has 0 fully saturated rings. The van der Waals surface area contributed by atoms with E-state index in [4.69, 9.17) is 23.7 Å². The van der Waals surface area contributed by atoms with Gasteiger partial charge in [0, 0.05) is 73.5 Å². The van der Waals surface area contributed by atoms with Crippen LogP contribution in [0.15, 0.2) is 157 Å². The summed E-state index contributed by atoms with van der Waals surface area (Å²) in [4.78, 5) is 13.9. The summed E-state index contributed by atoms with van der Waals surface area (Å²) in [6.45, 7) is 0. The van der Waals surface area contributed by atoms with Gasteiger partial charge in [-0.15, -0.1) is 22.7 Å². The molecule has 0 saturated carbocycles. The van der Waals surface area contributed by atoms with Crippen LogP contribution in [0.4, 0.5) is 0 Å². The second-order valence-electron chi connectivity index (χ2n) is 12.1. The van der Waals surface area contributed by atoms with Crippen LogP contribution in [0.3, 0.4) is 0 Å². The fraction of sp³-hybridized carbons (Fsp3) is 0. The van der Waals surface area contributed by atoms with Gasteiger partial charge in [0.15, 0.2) is 17.5 Å². The van der Waals surface area contributed by atoms with Crippen LogP contribution in [0.2, 0.25) is 0 Å². The zero-order valence-electron chi connectivity index (χ0n) is 36.3. The average Bonchev–Trinajstić information content (AvgIpc) is 3.95. The van der Waals surface area contributed by atoms with Gasteiger partial charge in [-0.05, 0) is 36.4 Å². The summed E-state index contributed by atoms with van der Waals surface area (Å²) in [7, 11) is 0. The number of fused-ring (bicyclic) bond motifs is 10. The molecule has 0 bridgehead atoms. The van der Waals surface area contributed by atoms with Crippen LogP contribution < -0.4 is 0 Å². The summed E-state index contributed by atoms with van der Waals surface area (Å²) in [5, 5.41) is 6.59. The number of para-hydroxylation sites is 2. The van der Waals surface area contributed by atoms with Gasteiger partial charge in [-0.2, -0.15) is 0 Å². The summed E-state index contributed by atoms with van der Waals surface area (Å²) in [6.07, 6.45) is 0. The van der Waals surface area contributed by atoms with Gasteiger partial charge < -0.3 is 4.57 Å². The number of nitrogens with zero attached hydrogens (tertiary/aromatic N) is 4. The molecule has 0 aliphatic rings. The lowest BCUT2D eigenvalue weighted by Gasteiger charge is -2.09. The Morgan fingerprint density at radius 2 is 1.06 bits per heavy atom. The van der Waals surface area contributed by atoms with E-state index in [0.717, 1.165) is 57.1 Å². The first-order chi connectivity index (χ1) is 29.4. The molecule has 11 rings (SSSR count). The normalized spacial score (nSPS) is 14.7. The van der Waals surface area contributed by atoms with Crippen LogP contribution in [0.5, 0.6) is 0 Å². The van der Waals surface area contributed by atoms with Crippen molar-refractivity contribution in [2.45, 2.75) is 0 Å². The minimum Gasteiger partial charge on any atom is -0.309 e. The summed E-state index contributed by atoms with van der Waals surface area (Å²) in [5.41, 5.74) is 3.24. The highest BCUT2D eigenvalue weighted by Crippen LogP contribution is 2.47. The topological polar surface area (TPSA) is 43.6 Å². The summed E-state index contributed by atoms with van der Waals surface area (Å²) >= 11 is 3.24. The number of benzene rings is 7. The third kappa shape index (κ3) is 4.40. The summed E-state index contributed by atoms with van der Waals surface area (Å²) in [5.74, 6) is -0.556. The third-order valence-corrected chi connectivity index (χ3v) is 11.6. The van der Waals surface area contributed by atoms with Gasteiger partial charge in [0.25, 0.3) is 0 Å². The minimum absolute atomic E-state index is 0.0409. The van der Waals surface area contributed by atoms with Crippen molar-refractivity contribution in [3.05, 3.63) is 157 Å². The van der Waals surface area contributed by atoms with Gasteiger partial charge >= 0.3 is 0 Å². The molecular weight excluding hydrogens is 661 g/mol. The van der Waals surface area contributed by atoms with Crippen molar-refractivity contribution in [1.82, 2.24) is 19.5 Å². The first-order valence-electron chi connectivity index (χ1n) is 21.1. The minimum atomic E-state index is -0.594. The summed E-state index contributed by atoms with van der Waals surface area (Å²) in [6, 6.07) is 27.6. The predicted octanol–water partition coefficient (Wildman–Crippen LogP) is 12.7. The maximum atomic E-state index is 8.73. The van der Waals surface area contributed by atoms with E-state index in [2.05, 4.69) is 88.4 Å². The zero-order chi connectivity index (χ0) is 42.2. The fourth-order valence-corrected chi connectivity index (χ4v) is 9.65. The van der Waals surface area contributed by atoms with Gasteiger partial charge in [0.1, 0.15) is 0 Å². The number of aromatic nitrogens is 4. The lowest BCUT2D eigenvalue weighted by molar-refractivity contribution is 1.08. The molecule has 7 aromatic carbocycles. The van der Waals surface area contributed by atoms with E-state index >= 15 is 0 Å². The van der Waals surface area contributed by atoms with Crippen LogP contribution >= 0.6 is 22.7 Å². The summed E-state index contributed by atoms with van der Waals surface area (Å²) < 4.78 is 91.0. The third-order valence-electron chi connectivity index (χ3n) is 9.25. The molecule has 0 aliphatic heterocycles. The maximum absolute atomic E-state index is 8.73. The molecule has 4 aromatic heterocycles. The highest BCUT2D eigenvalue weighted by molar-refractivity contribution is 7.30. The SMILES string of the molecule is [2H]c1c([2H])c([2H])c(-c2nc(-c3c([2H])c([2H])c([2H])c([2H])c3[2H])nc(-c3cccc4c3sc3ccc5c6ccc(-n7c8ccccc8c8ccccc87)cc6sc5c34)n2)c([2H])c1[2H]. The van der Waals surface area contributed by atoms with Crippen molar-refractivity contribution in [3.63, 3.8) is 0 Å². The number of thiophene rings is 2. The molecule has 0 N–H and O–H groups in total. The Bertz CT molecular complexity index is 3550. The largest absolute Gasteiger partial charge is 0.309 e. The van der Waals surface area contributed by atoms with Gasteiger partial charge in [-0.25, -0.2) is 15.0 Å². The molecule has 0 radical (unpaired) electrons. The Balaban J connectivity index is 1.15. The van der Waals surface area contributed by atoms with E-state index in [-0.39, 0.29) is 28.6 Å². The molecule has 4 nitrogen and oxygen atoms in total. The fourth-order valence-electron chi connectivity index (χ4n) is 7.06. The maximum Gasteiger partial charge on any atom is 0.165 e. The van der Waals surface area contributed by atoms with Crippen molar-refractivity contribution in [3.8, 4) is 39.9 Å². The molecule has 0 spiro atoms. The molecule has 0 atom stereocenters. The van der Waals surface area contributed by atoms with E-state index in [1.54, 1.807) is 11.3 Å². The van der Waals surface area contributed by atoms with Crippen molar-refractivity contribution < 1.29 is 13.7 Å². The Hall–Kier alpha value is -6.21. The molecule has 0 unspecified atom stereocenters. The van der Waals surface area contributed by atoms with Gasteiger partial charge in [-0.3, -0.25) is 0 Å². The van der Waals surface area contributed by atoms with Crippen molar-refractivity contribution in [1.29, 1.82) is 0 Å². The first kappa shape index (κ1) is 20.5. The second-order valence-corrected chi connectivity index (χ2v) is 14.2. The number of hydrogen-bond acceptors (Lipinski definition) is 5. The number of rotatable bonds is 4. The smallest absolute Gasteiger partial charge is 0.165 e. The van der Waals surface area contributed by atoms with Crippen LogP contribution in [-0.2, 0) is 0 Å². The molecular formula is C45H26N4S2. The highest BCUT2D eigenvalue weighted by Gasteiger charge is 2.20. The lowest BCUT2D eigenvalue weighted by Crippen LogP contribution is -2.00. The Morgan fingerprint density at radius 3 is 1.75 bits per heavy atom. The van der Waals surface area contributed by atoms with E-state index < -0.39 is 60.4 Å². The Morgan fingerprint density at radius 1 is 0.471 bits per heavy atom. The van der Waals surface area contributed by atoms with Gasteiger partial charge in [0.05, 0.1) is 24.7 Å². The second kappa shape index (κ2) is 11.2. The van der Waals surface area contributed by atoms with Crippen molar-refractivity contribution in [2.24, 2.45) is 0 Å². The molecule has 0 aliphatic carbocycles. The van der Waals surface area contributed by atoms with Crippen LogP contribution in [0.1, 0.15) is 13.7 Å².